The normalized spacial score (nSPS) is 10.0. The second-order valence-electron chi connectivity index (χ2n) is 3.66. The van der Waals surface area contributed by atoms with Crippen molar-refractivity contribution in [2.24, 2.45) is 0 Å². The zero-order valence-electron chi connectivity index (χ0n) is 10.2. The van der Waals surface area contributed by atoms with Crippen molar-refractivity contribution in [3.8, 4) is 11.6 Å². The van der Waals surface area contributed by atoms with Gasteiger partial charge >= 0.3 is 0 Å². The molecule has 1 aromatic heterocycles. The first-order chi connectivity index (χ1) is 9.22. The Labute approximate surface area is 118 Å². The van der Waals surface area contributed by atoms with Gasteiger partial charge in [0.05, 0.1) is 11.6 Å². The van der Waals surface area contributed by atoms with Crippen LogP contribution in [-0.2, 0) is 6.61 Å². The van der Waals surface area contributed by atoms with Crippen molar-refractivity contribution >= 4 is 22.2 Å². The van der Waals surface area contributed by atoms with Gasteiger partial charge in [0.15, 0.2) is 0 Å². The van der Waals surface area contributed by atoms with E-state index in [2.05, 4.69) is 26.1 Å². The average molecular weight is 323 g/mol. The van der Waals surface area contributed by atoms with Gasteiger partial charge in [-0.15, -0.1) is 10.2 Å². The van der Waals surface area contributed by atoms with E-state index in [4.69, 9.17) is 9.47 Å². The molecular formula is C13H11BrN2O3. The molecule has 2 rings (SSSR count). The molecule has 0 saturated heterocycles. The van der Waals surface area contributed by atoms with E-state index in [-0.39, 0.29) is 6.61 Å². The predicted octanol–water partition coefficient (Wildman–Crippen LogP) is 2.64. The summed E-state index contributed by atoms with van der Waals surface area (Å²) in [5.74, 6) is 1.10. The van der Waals surface area contributed by atoms with Gasteiger partial charge < -0.3 is 9.47 Å². The summed E-state index contributed by atoms with van der Waals surface area (Å²) in [6, 6.07) is 8.61. The van der Waals surface area contributed by atoms with Gasteiger partial charge in [0.2, 0.25) is 5.88 Å². The van der Waals surface area contributed by atoms with Gasteiger partial charge in [0.25, 0.3) is 0 Å². The lowest BCUT2D eigenvalue weighted by Gasteiger charge is -2.08. The number of aldehydes is 1. The molecule has 0 spiro atoms. The van der Waals surface area contributed by atoms with Gasteiger partial charge in [-0.3, -0.25) is 4.79 Å². The van der Waals surface area contributed by atoms with Crippen LogP contribution in [0.3, 0.4) is 0 Å². The lowest BCUT2D eigenvalue weighted by molar-refractivity contribution is 0.112. The lowest BCUT2D eigenvalue weighted by atomic mass is 10.2. The summed E-state index contributed by atoms with van der Waals surface area (Å²) in [4.78, 5) is 10.6. The van der Waals surface area contributed by atoms with E-state index in [0.717, 1.165) is 10.8 Å². The fourth-order valence-corrected chi connectivity index (χ4v) is 1.90. The van der Waals surface area contributed by atoms with E-state index in [1.807, 2.05) is 0 Å². The zero-order chi connectivity index (χ0) is 13.7. The maximum Gasteiger partial charge on any atom is 0.233 e. The third-order valence-corrected chi connectivity index (χ3v) is 2.99. The van der Waals surface area contributed by atoms with E-state index in [0.29, 0.717) is 22.9 Å². The standard InChI is InChI=1S/C13H11BrN2O3/c1-18-13-5-3-10(15-16-13)8-19-12-4-2-9(7-17)6-11(12)14/h2-7H,8H2,1H3. The van der Waals surface area contributed by atoms with Crippen molar-refractivity contribution in [1.29, 1.82) is 0 Å². The summed E-state index contributed by atoms with van der Waals surface area (Å²) < 4.78 is 11.2. The van der Waals surface area contributed by atoms with Crippen LogP contribution in [0.25, 0.3) is 0 Å². The summed E-state index contributed by atoms with van der Waals surface area (Å²) >= 11 is 3.34. The number of hydrogen-bond acceptors (Lipinski definition) is 5. The summed E-state index contributed by atoms with van der Waals surface area (Å²) in [6.07, 6.45) is 0.781. The first kappa shape index (κ1) is 13.5. The molecule has 19 heavy (non-hydrogen) atoms. The molecule has 0 fully saturated rings. The van der Waals surface area contributed by atoms with Gasteiger partial charge in [-0.1, -0.05) is 0 Å². The third-order valence-electron chi connectivity index (χ3n) is 2.37. The highest BCUT2D eigenvalue weighted by Gasteiger charge is 2.04. The number of aromatic nitrogens is 2. The minimum absolute atomic E-state index is 0.288. The monoisotopic (exact) mass is 322 g/mol. The van der Waals surface area contributed by atoms with E-state index in [9.17, 15) is 4.79 Å². The molecule has 98 valence electrons. The number of carbonyl (C=O) groups excluding carboxylic acids is 1. The Morgan fingerprint density at radius 2 is 2.11 bits per heavy atom. The van der Waals surface area contributed by atoms with Crippen LogP contribution in [0.2, 0.25) is 0 Å². The van der Waals surface area contributed by atoms with Crippen molar-refractivity contribution in [3.05, 3.63) is 46.1 Å². The quantitative estimate of drug-likeness (QED) is 0.792. The number of hydrogen-bond donors (Lipinski definition) is 0. The number of ether oxygens (including phenoxy) is 2. The minimum atomic E-state index is 0.288. The fraction of sp³-hybridized carbons (Fsp3) is 0.154. The molecule has 0 amide bonds. The van der Waals surface area contributed by atoms with Crippen LogP contribution >= 0.6 is 15.9 Å². The molecule has 0 radical (unpaired) electrons. The Hall–Kier alpha value is -1.95. The molecule has 2 aromatic rings. The van der Waals surface area contributed by atoms with E-state index >= 15 is 0 Å². The SMILES string of the molecule is COc1ccc(COc2ccc(C=O)cc2Br)nn1. The maximum absolute atomic E-state index is 10.6. The number of methoxy groups -OCH3 is 1. The molecule has 0 bridgehead atoms. The van der Waals surface area contributed by atoms with Crippen molar-refractivity contribution < 1.29 is 14.3 Å². The second kappa shape index (κ2) is 6.29. The van der Waals surface area contributed by atoms with Gasteiger partial charge in [0.1, 0.15) is 24.3 Å². The second-order valence-corrected chi connectivity index (χ2v) is 4.52. The van der Waals surface area contributed by atoms with Crippen LogP contribution in [0.1, 0.15) is 16.1 Å². The van der Waals surface area contributed by atoms with E-state index < -0.39 is 0 Å². The van der Waals surface area contributed by atoms with Gasteiger partial charge in [-0.05, 0) is 40.2 Å². The summed E-state index contributed by atoms with van der Waals surface area (Å²) in [7, 11) is 1.53. The fourth-order valence-electron chi connectivity index (χ4n) is 1.39. The molecular weight excluding hydrogens is 312 g/mol. The molecule has 1 aromatic carbocycles. The smallest absolute Gasteiger partial charge is 0.233 e. The Morgan fingerprint density at radius 3 is 2.68 bits per heavy atom. The molecule has 0 unspecified atom stereocenters. The maximum atomic E-state index is 10.6. The molecule has 5 nitrogen and oxygen atoms in total. The highest BCUT2D eigenvalue weighted by molar-refractivity contribution is 9.10. The molecule has 6 heteroatoms. The first-order valence-electron chi connectivity index (χ1n) is 5.47. The van der Waals surface area contributed by atoms with Crippen molar-refractivity contribution in [3.63, 3.8) is 0 Å². The minimum Gasteiger partial charge on any atom is -0.486 e. The van der Waals surface area contributed by atoms with Crippen LogP contribution in [-0.4, -0.2) is 23.6 Å². The number of halogens is 1. The van der Waals surface area contributed by atoms with E-state index in [1.165, 1.54) is 7.11 Å². The van der Waals surface area contributed by atoms with Crippen molar-refractivity contribution in [1.82, 2.24) is 10.2 Å². The zero-order valence-corrected chi connectivity index (χ0v) is 11.8. The largest absolute Gasteiger partial charge is 0.486 e. The Morgan fingerprint density at radius 1 is 1.26 bits per heavy atom. The Bertz CT molecular complexity index is 573. The summed E-state index contributed by atoms with van der Waals surface area (Å²) in [5.41, 5.74) is 1.27. The summed E-state index contributed by atoms with van der Waals surface area (Å²) in [6.45, 7) is 0.288. The Balaban J connectivity index is 2.03. The summed E-state index contributed by atoms with van der Waals surface area (Å²) in [5, 5.41) is 7.81. The predicted molar refractivity (Wildman–Crippen MR) is 72.4 cm³/mol. The van der Waals surface area contributed by atoms with Crippen LogP contribution in [0.5, 0.6) is 11.6 Å². The van der Waals surface area contributed by atoms with Gasteiger partial charge in [0, 0.05) is 11.6 Å². The van der Waals surface area contributed by atoms with Crippen molar-refractivity contribution in [2.45, 2.75) is 6.61 Å². The first-order valence-corrected chi connectivity index (χ1v) is 6.26. The van der Waals surface area contributed by atoms with Crippen LogP contribution in [0.15, 0.2) is 34.8 Å². The lowest BCUT2D eigenvalue weighted by Crippen LogP contribution is -2.01. The Kier molecular flexibility index (Phi) is 4.46. The van der Waals surface area contributed by atoms with Crippen LogP contribution in [0, 0.1) is 0 Å². The number of benzene rings is 1. The highest BCUT2D eigenvalue weighted by Crippen LogP contribution is 2.26. The van der Waals surface area contributed by atoms with Gasteiger partial charge in [-0.2, -0.15) is 0 Å². The molecule has 0 N–H and O–H groups in total. The number of nitrogens with zero attached hydrogens (tertiary/aromatic N) is 2. The molecule has 0 aliphatic heterocycles. The topological polar surface area (TPSA) is 61.3 Å². The number of rotatable bonds is 5. The molecule has 0 aliphatic carbocycles. The molecule has 1 heterocycles. The van der Waals surface area contributed by atoms with Crippen molar-refractivity contribution in [2.75, 3.05) is 7.11 Å². The van der Waals surface area contributed by atoms with Crippen LogP contribution < -0.4 is 9.47 Å². The third kappa shape index (κ3) is 3.51. The molecule has 0 saturated carbocycles. The average Bonchev–Trinajstić information content (AvgIpc) is 2.46. The van der Waals surface area contributed by atoms with E-state index in [1.54, 1.807) is 30.3 Å². The van der Waals surface area contributed by atoms with Crippen LogP contribution in [0.4, 0.5) is 0 Å². The molecule has 0 atom stereocenters. The van der Waals surface area contributed by atoms with Gasteiger partial charge in [-0.25, -0.2) is 0 Å². The molecule has 0 aliphatic rings. The highest BCUT2D eigenvalue weighted by atomic mass is 79.9. The number of carbonyl (C=O) groups is 1.